The van der Waals surface area contributed by atoms with Crippen LogP contribution in [0.25, 0.3) is 0 Å². The molecule has 1 fully saturated rings. The van der Waals surface area contributed by atoms with Crippen LogP contribution >= 0.6 is 0 Å². The summed E-state index contributed by atoms with van der Waals surface area (Å²) in [5.74, 6) is 0.624. The third-order valence-corrected chi connectivity index (χ3v) is 3.50. The van der Waals surface area contributed by atoms with E-state index in [9.17, 15) is 0 Å². The molecular weight excluding hydrogens is 186 g/mol. The average Bonchev–Trinajstić information content (AvgIpc) is 2.45. The normalized spacial score (nSPS) is 28.4. The fourth-order valence-corrected chi connectivity index (χ4v) is 2.21. The van der Waals surface area contributed by atoms with E-state index in [2.05, 4.69) is 39.0 Å². The van der Waals surface area contributed by atoms with Crippen LogP contribution in [0.2, 0.25) is 0 Å². The maximum atomic E-state index is 6.34. The van der Waals surface area contributed by atoms with Crippen LogP contribution in [0.1, 0.15) is 39.7 Å². The first-order valence-corrected chi connectivity index (χ1v) is 5.67. The molecule has 2 rings (SSSR count). The van der Waals surface area contributed by atoms with Crippen LogP contribution in [-0.4, -0.2) is 9.78 Å². The fraction of sp³-hybridized carbons (Fsp3) is 0.750. The van der Waals surface area contributed by atoms with Crippen molar-refractivity contribution < 1.29 is 0 Å². The van der Waals surface area contributed by atoms with E-state index in [0.717, 1.165) is 13.0 Å². The summed E-state index contributed by atoms with van der Waals surface area (Å²) in [5, 5.41) is 4.37. The van der Waals surface area contributed by atoms with Crippen LogP contribution in [0.3, 0.4) is 0 Å². The molecule has 2 N–H and O–H groups in total. The van der Waals surface area contributed by atoms with Crippen LogP contribution in [0.4, 0.5) is 0 Å². The first kappa shape index (κ1) is 10.7. The number of aromatic nitrogens is 2. The van der Waals surface area contributed by atoms with Gasteiger partial charge in [-0.25, -0.2) is 0 Å². The van der Waals surface area contributed by atoms with Gasteiger partial charge >= 0.3 is 0 Å². The minimum absolute atomic E-state index is 0.137. The number of rotatable bonds is 3. The molecule has 0 aliphatic heterocycles. The van der Waals surface area contributed by atoms with E-state index in [1.807, 2.05) is 10.9 Å². The predicted molar refractivity (Wildman–Crippen MR) is 61.3 cm³/mol. The second-order valence-corrected chi connectivity index (χ2v) is 5.88. The van der Waals surface area contributed by atoms with E-state index in [-0.39, 0.29) is 11.0 Å². The lowest BCUT2D eigenvalue weighted by atomic mass is 10.0. The van der Waals surface area contributed by atoms with Gasteiger partial charge in [0.25, 0.3) is 0 Å². The van der Waals surface area contributed by atoms with Crippen molar-refractivity contribution in [2.24, 2.45) is 17.1 Å². The predicted octanol–water partition coefficient (Wildman–Crippen LogP) is 2.12. The van der Waals surface area contributed by atoms with Crippen molar-refractivity contribution in [2.45, 2.75) is 46.2 Å². The van der Waals surface area contributed by atoms with Crippen LogP contribution < -0.4 is 5.73 Å². The molecule has 1 aliphatic rings. The zero-order chi connectivity index (χ0) is 11.3. The summed E-state index contributed by atoms with van der Waals surface area (Å²) in [6, 6.07) is 0. The largest absolute Gasteiger partial charge is 0.321 e. The second-order valence-electron chi connectivity index (χ2n) is 5.88. The molecule has 0 amide bonds. The van der Waals surface area contributed by atoms with Crippen LogP contribution in [-0.2, 0) is 12.1 Å². The molecule has 1 saturated carbocycles. The molecule has 3 heteroatoms. The Hall–Kier alpha value is -0.830. The minimum atomic E-state index is -0.137. The Kier molecular flexibility index (Phi) is 2.19. The summed E-state index contributed by atoms with van der Waals surface area (Å²) in [5.41, 5.74) is 7.62. The van der Waals surface area contributed by atoms with Crippen LogP contribution in [0.5, 0.6) is 0 Å². The minimum Gasteiger partial charge on any atom is -0.321 e. The maximum Gasteiger partial charge on any atom is 0.0540 e. The molecule has 0 saturated heterocycles. The van der Waals surface area contributed by atoms with Gasteiger partial charge < -0.3 is 5.73 Å². The van der Waals surface area contributed by atoms with Crippen molar-refractivity contribution in [3.63, 3.8) is 0 Å². The number of hydrogen-bond donors (Lipinski definition) is 1. The third kappa shape index (κ3) is 1.69. The number of nitrogens with zero attached hydrogens (tertiary/aromatic N) is 2. The van der Waals surface area contributed by atoms with Gasteiger partial charge in [0.1, 0.15) is 0 Å². The Labute approximate surface area is 91.7 Å². The highest BCUT2D eigenvalue weighted by atomic mass is 15.3. The summed E-state index contributed by atoms with van der Waals surface area (Å²) in [7, 11) is 0. The molecule has 1 atom stereocenters. The molecule has 1 heterocycles. The quantitative estimate of drug-likeness (QED) is 0.825. The van der Waals surface area contributed by atoms with Crippen LogP contribution in [0.15, 0.2) is 12.4 Å². The molecule has 0 radical (unpaired) electrons. The van der Waals surface area contributed by atoms with Crippen molar-refractivity contribution in [3.8, 4) is 0 Å². The van der Waals surface area contributed by atoms with Crippen molar-refractivity contribution >= 4 is 0 Å². The highest BCUT2D eigenvalue weighted by molar-refractivity contribution is 5.31. The molecule has 1 aliphatic carbocycles. The van der Waals surface area contributed by atoms with E-state index in [4.69, 9.17) is 5.73 Å². The number of nitrogens with two attached hydrogens (primary N) is 1. The summed E-state index contributed by atoms with van der Waals surface area (Å²) in [4.78, 5) is 0. The van der Waals surface area contributed by atoms with E-state index >= 15 is 0 Å². The zero-order valence-electron chi connectivity index (χ0n) is 10.1. The molecule has 3 nitrogen and oxygen atoms in total. The molecule has 84 valence electrons. The van der Waals surface area contributed by atoms with E-state index in [1.54, 1.807) is 0 Å². The first-order valence-electron chi connectivity index (χ1n) is 5.67. The lowest BCUT2D eigenvalue weighted by Crippen LogP contribution is -2.24. The summed E-state index contributed by atoms with van der Waals surface area (Å²) < 4.78 is 2.00. The monoisotopic (exact) mass is 207 g/mol. The second kappa shape index (κ2) is 3.08. The Morgan fingerprint density at radius 2 is 2.13 bits per heavy atom. The topological polar surface area (TPSA) is 43.8 Å². The maximum absolute atomic E-state index is 6.34. The molecule has 1 unspecified atom stereocenters. The summed E-state index contributed by atoms with van der Waals surface area (Å²) >= 11 is 0. The molecule has 0 bridgehead atoms. The average molecular weight is 207 g/mol. The zero-order valence-corrected chi connectivity index (χ0v) is 10.1. The van der Waals surface area contributed by atoms with Gasteiger partial charge in [-0.05, 0) is 17.8 Å². The van der Waals surface area contributed by atoms with E-state index < -0.39 is 0 Å². The smallest absolute Gasteiger partial charge is 0.0540 e. The molecule has 1 aromatic heterocycles. The van der Waals surface area contributed by atoms with Gasteiger partial charge in [-0.3, -0.25) is 4.68 Å². The molecule has 0 spiro atoms. The van der Waals surface area contributed by atoms with Crippen molar-refractivity contribution in [2.75, 3.05) is 0 Å². The highest BCUT2D eigenvalue weighted by Gasteiger charge is 2.59. The third-order valence-electron chi connectivity index (χ3n) is 3.50. The van der Waals surface area contributed by atoms with Gasteiger partial charge in [-0.1, -0.05) is 27.7 Å². The SMILES string of the molecule is CC(C)Cn1cc(C2(N)CC2(C)C)cn1. The molecular formula is C12H21N3. The van der Waals surface area contributed by atoms with Gasteiger partial charge in [0, 0.05) is 23.8 Å². The highest BCUT2D eigenvalue weighted by Crippen LogP contribution is 2.60. The van der Waals surface area contributed by atoms with Crippen molar-refractivity contribution in [1.82, 2.24) is 9.78 Å². The van der Waals surface area contributed by atoms with Gasteiger partial charge in [0.05, 0.1) is 6.20 Å². The molecule has 0 aromatic carbocycles. The van der Waals surface area contributed by atoms with Gasteiger partial charge in [0.15, 0.2) is 0 Å². The fourth-order valence-electron chi connectivity index (χ4n) is 2.21. The van der Waals surface area contributed by atoms with Gasteiger partial charge in [0.2, 0.25) is 0 Å². The van der Waals surface area contributed by atoms with Crippen molar-refractivity contribution in [3.05, 3.63) is 18.0 Å². The van der Waals surface area contributed by atoms with E-state index in [0.29, 0.717) is 5.92 Å². The molecule has 15 heavy (non-hydrogen) atoms. The lowest BCUT2D eigenvalue weighted by molar-refractivity contribution is 0.479. The Morgan fingerprint density at radius 1 is 1.53 bits per heavy atom. The lowest BCUT2D eigenvalue weighted by Gasteiger charge is -2.12. The Morgan fingerprint density at radius 3 is 2.60 bits per heavy atom. The van der Waals surface area contributed by atoms with Crippen molar-refractivity contribution in [1.29, 1.82) is 0 Å². The summed E-state index contributed by atoms with van der Waals surface area (Å²) in [6.45, 7) is 9.79. The Bertz CT molecular complexity index is 365. The molecule has 1 aromatic rings. The standard InChI is InChI=1S/C12H21N3/c1-9(2)6-15-7-10(5-14-15)12(13)8-11(12,3)4/h5,7,9H,6,8,13H2,1-4H3. The summed E-state index contributed by atoms with van der Waals surface area (Å²) in [6.07, 6.45) is 5.10. The first-order chi connectivity index (χ1) is 6.85. The van der Waals surface area contributed by atoms with Gasteiger partial charge in [-0.2, -0.15) is 5.10 Å². The van der Waals surface area contributed by atoms with E-state index in [1.165, 1.54) is 5.56 Å². The number of hydrogen-bond acceptors (Lipinski definition) is 2. The van der Waals surface area contributed by atoms with Gasteiger partial charge in [-0.15, -0.1) is 0 Å². The van der Waals surface area contributed by atoms with Crippen LogP contribution in [0, 0.1) is 11.3 Å². The Balaban J connectivity index is 2.15.